The molecule has 114 valence electrons. The van der Waals surface area contributed by atoms with Gasteiger partial charge in [0.15, 0.2) is 13.2 Å². The second kappa shape index (κ2) is 7.41. The third kappa shape index (κ3) is 5.06. The standard InChI is InChI=1S/C17H15F2NO2/c18-17(19,12-21-15-4-2-1-3-5-15)13-22-16-8-6-14(7-9-16)10-11-20/h1-9H,10,12-13H2. The van der Waals surface area contributed by atoms with Crippen molar-refractivity contribution in [2.45, 2.75) is 12.3 Å². The van der Waals surface area contributed by atoms with E-state index in [4.69, 9.17) is 14.7 Å². The first kappa shape index (κ1) is 15.8. The molecule has 0 atom stereocenters. The molecule has 5 heteroatoms. The summed E-state index contributed by atoms with van der Waals surface area (Å²) >= 11 is 0. The first-order chi connectivity index (χ1) is 10.6. The molecular formula is C17H15F2NO2. The second-order valence-electron chi connectivity index (χ2n) is 4.73. The first-order valence-electron chi connectivity index (χ1n) is 6.73. The van der Waals surface area contributed by atoms with Gasteiger partial charge in [0.1, 0.15) is 11.5 Å². The van der Waals surface area contributed by atoms with Crippen LogP contribution in [0.4, 0.5) is 8.78 Å². The molecule has 0 saturated heterocycles. The summed E-state index contributed by atoms with van der Waals surface area (Å²) in [6.45, 7) is -1.51. The predicted molar refractivity (Wildman–Crippen MR) is 78.1 cm³/mol. The molecule has 2 aromatic carbocycles. The zero-order valence-electron chi connectivity index (χ0n) is 11.8. The quantitative estimate of drug-likeness (QED) is 0.780. The van der Waals surface area contributed by atoms with Crippen LogP contribution in [0.3, 0.4) is 0 Å². The van der Waals surface area contributed by atoms with Crippen molar-refractivity contribution >= 4 is 0 Å². The number of rotatable bonds is 7. The number of nitrogens with zero attached hydrogens (tertiary/aromatic N) is 1. The van der Waals surface area contributed by atoms with Gasteiger partial charge in [0.05, 0.1) is 12.5 Å². The summed E-state index contributed by atoms with van der Waals surface area (Å²) < 4.78 is 37.5. The van der Waals surface area contributed by atoms with Crippen molar-refractivity contribution in [1.29, 1.82) is 5.26 Å². The maximum absolute atomic E-state index is 13.7. The Balaban J connectivity index is 1.82. The van der Waals surface area contributed by atoms with Crippen LogP contribution in [0.1, 0.15) is 5.56 Å². The minimum Gasteiger partial charge on any atom is -0.487 e. The Bertz CT molecular complexity index is 621. The molecule has 22 heavy (non-hydrogen) atoms. The lowest BCUT2D eigenvalue weighted by Gasteiger charge is -2.18. The molecule has 0 heterocycles. The fourth-order valence-corrected chi connectivity index (χ4v) is 1.73. The highest BCUT2D eigenvalue weighted by Gasteiger charge is 2.31. The van der Waals surface area contributed by atoms with Crippen molar-refractivity contribution in [2.24, 2.45) is 0 Å². The molecule has 2 rings (SSSR count). The zero-order chi connectivity index (χ0) is 15.8. The summed E-state index contributed by atoms with van der Waals surface area (Å²) in [4.78, 5) is 0. The maximum atomic E-state index is 13.7. The topological polar surface area (TPSA) is 42.2 Å². The van der Waals surface area contributed by atoms with E-state index in [0.717, 1.165) is 5.56 Å². The summed E-state index contributed by atoms with van der Waals surface area (Å²) in [5, 5.41) is 8.56. The molecule has 0 fully saturated rings. The average molecular weight is 303 g/mol. The van der Waals surface area contributed by atoms with Crippen LogP contribution in [0.15, 0.2) is 54.6 Å². The molecule has 0 aliphatic rings. The SMILES string of the molecule is N#CCc1ccc(OCC(F)(F)COc2ccccc2)cc1. The lowest BCUT2D eigenvalue weighted by Crippen LogP contribution is -2.32. The van der Waals surface area contributed by atoms with Crippen molar-refractivity contribution in [1.82, 2.24) is 0 Å². The molecule has 0 N–H and O–H groups in total. The molecular weight excluding hydrogens is 288 g/mol. The molecule has 0 bridgehead atoms. The number of ether oxygens (including phenoxy) is 2. The molecule has 0 aromatic heterocycles. The summed E-state index contributed by atoms with van der Waals surface area (Å²) in [5.74, 6) is -2.37. The van der Waals surface area contributed by atoms with Crippen molar-refractivity contribution < 1.29 is 18.3 Å². The number of halogens is 2. The Morgan fingerprint density at radius 3 is 1.95 bits per heavy atom. The zero-order valence-corrected chi connectivity index (χ0v) is 11.8. The van der Waals surface area contributed by atoms with E-state index in [1.54, 1.807) is 54.6 Å². The molecule has 0 amide bonds. The van der Waals surface area contributed by atoms with Crippen LogP contribution >= 0.6 is 0 Å². The molecule has 0 unspecified atom stereocenters. The van der Waals surface area contributed by atoms with Gasteiger partial charge in [-0.25, -0.2) is 0 Å². The highest BCUT2D eigenvalue weighted by Crippen LogP contribution is 2.20. The molecule has 0 aliphatic carbocycles. The van der Waals surface area contributed by atoms with Crippen molar-refractivity contribution in [2.75, 3.05) is 13.2 Å². The third-order valence-corrected chi connectivity index (χ3v) is 2.85. The average Bonchev–Trinajstić information content (AvgIpc) is 2.54. The van der Waals surface area contributed by atoms with Crippen LogP contribution in [0, 0.1) is 11.3 Å². The van der Waals surface area contributed by atoms with Gasteiger partial charge >= 0.3 is 5.92 Å². The monoisotopic (exact) mass is 303 g/mol. The highest BCUT2D eigenvalue weighted by atomic mass is 19.3. The number of alkyl halides is 2. The highest BCUT2D eigenvalue weighted by molar-refractivity contribution is 5.28. The lowest BCUT2D eigenvalue weighted by atomic mass is 10.2. The molecule has 3 nitrogen and oxygen atoms in total. The van der Waals surface area contributed by atoms with Gasteiger partial charge in [-0.15, -0.1) is 0 Å². The number of nitriles is 1. The van der Waals surface area contributed by atoms with Gasteiger partial charge in [-0.3, -0.25) is 0 Å². The smallest absolute Gasteiger partial charge is 0.314 e. The minimum absolute atomic E-state index is 0.279. The van der Waals surface area contributed by atoms with E-state index in [9.17, 15) is 8.78 Å². The Morgan fingerprint density at radius 2 is 1.41 bits per heavy atom. The first-order valence-corrected chi connectivity index (χ1v) is 6.73. The van der Waals surface area contributed by atoms with Crippen LogP contribution in [0.25, 0.3) is 0 Å². The van der Waals surface area contributed by atoms with E-state index in [2.05, 4.69) is 0 Å². The van der Waals surface area contributed by atoms with E-state index in [-0.39, 0.29) is 6.42 Å². The van der Waals surface area contributed by atoms with Crippen LogP contribution in [0.5, 0.6) is 11.5 Å². The lowest BCUT2D eigenvalue weighted by molar-refractivity contribution is -0.0728. The van der Waals surface area contributed by atoms with Crippen LogP contribution in [0.2, 0.25) is 0 Å². The number of para-hydroxylation sites is 1. The van der Waals surface area contributed by atoms with Gasteiger partial charge in [-0.1, -0.05) is 30.3 Å². The van der Waals surface area contributed by atoms with Gasteiger partial charge in [0.25, 0.3) is 0 Å². The number of hydrogen-bond donors (Lipinski definition) is 0. The molecule has 0 saturated carbocycles. The normalized spacial score (nSPS) is 10.8. The molecule has 0 radical (unpaired) electrons. The van der Waals surface area contributed by atoms with Crippen molar-refractivity contribution in [3.8, 4) is 17.6 Å². The van der Waals surface area contributed by atoms with Gasteiger partial charge in [-0.2, -0.15) is 14.0 Å². The summed E-state index contributed by atoms with van der Waals surface area (Å²) in [5.41, 5.74) is 0.814. The van der Waals surface area contributed by atoms with Gasteiger partial charge in [0, 0.05) is 0 Å². The molecule has 0 spiro atoms. The fraction of sp³-hybridized carbons (Fsp3) is 0.235. The number of benzene rings is 2. The molecule has 0 aliphatic heterocycles. The second-order valence-corrected chi connectivity index (χ2v) is 4.73. The Hall–Kier alpha value is -2.61. The predicted octanol–water partition coefficient (Wildman–Crippen LogP) is 3.85. The van der Waals surface area contributed by atoms with E-state index in [1.807, 2.05) is 6.07 Å². The van der Waals surface area contributed by atoms with Gasteiger partial charge < -0.3 is 9.47 Å². The largest absolute Gasteiger partial charge is 0.487 e. The van der Waals surface area contributed by atoms with Gasteiger partial charge in [0.2, 0.25) is 0 Å². The Morgan fingerprint density at radius 1 is 0.864 bits per heavy atom. The van der Waals surface area contributed by atoms with Crippen LogP contribution in [-0.4, -0.2) is 19.1 Å². The van der Waals surface area contributed by atoms with E-state index >= 15 is 0 Å². The Labute approximate surface area is 127 Å². The Kier molecular flexibility index (Phi) is 5.31. The van der Waals surface area contributed by atoms with Crippen LogP contribution in [-0.2, 0) is 6.42 Å². The fourth-order valence-electron chi connectivity index (χ4n) is 1.73. The summed E-state index contributed by atoms with van der Waals surface area (Å²) in [7, 11) is 0. The summed E-state index contributed by atoms with van der Waals surface area (Å²) in [6.07, 6.45) is 0.279. The van der Waals surface area contributed by atoms with E-state index in [1.165, 1.54) is 0 Å². The van der Waals surface area contributed by atoms with E-state index < -0.39 is 19.1 Å². The summed E-state index contributed by atoms with van der Waals surface area (Å²) in [6, 6.07) is 17.0. The number of hydrogen-bond acceptors (Lipinski definition) is 3. The van der Waals surface area contributed by atoms with Gasteiger partial charge in [-0.05, 0) is 29.8 Å². The van der Waals surface area contributed by atoms with Crippen LogP contribution < -0.4 is 9.47 Å². The minimum atomic E-state index is -3.10. The van der Waals surface area contributed by atoms with Crippen molar-refractivity contribution in [3.63, 3.8) is 0 Å². The third-order valence-electron chi connectivity index (χ3n) is 2.85. The van der Waals surface area contributed by atoms with E-state index in [0.29, 0.717) is 11.5 Å². The van der Waals surface area contributed by atoms with Crippen molar-refractivity contribution in [3.05, 3.63) is 60.2 Å². The maximum Gasteiger partial charge on any atom is 0.314 e. The molecule has 2 aromatic rings.